The van der Waals surface area contributed by atoms with Crippen LogP contribution >= 0.6 is 11.6 Å². The van der Waals surface area contributed by atoms with Crippen molar-refractivity contribution in [2.75, 3.05) is 5.73 Å². The van der Waals surface area contributed by atoms with Gasteiger partial charge in [0.25, 0.3) is 6.29 Å². The highest BCUT2D eigenvalue weighted by molar-refractivity contribution is 6.31. The van der Waals surface area contributed by atoms with Gasteiger partial charge in [-0.25, -0.2) is 0 Å². The minimum Gasteiger partial charge on any atom is -0.454 e. The maximum atomic E-state index is 8.90. The summed E-state index contributed by atoms with van der Waals surface area (Å²) in [5.41, 5.74) is 6.86. The smallest absolute Gasteiger partial charge is 0.270 e. The van der Waals surface area contributed by atoms with E-state index in [2.05, 4.69) is 0 Å². The Morgan fingerprint density at radius 2 is 2.15 bits per heavy atom. The number of rotatable bonds is 2. The Morgan fingerprint density at radius 3 is 2.69 bits per heavy atom. The van der Waals surface area contributed by atoms with Crippen LogP contribution < -0.4 is 10.5 Å². The third-order valence-corrected chi connectivity index (χ3v) is 1.96. The maximum Gasteiger partial charge on any atom is 0.270 e. The number of hydrogen-bond acceptors (Lipinski definition) is 3. The molecule has 1 aromatic rings. The lowest BCUT2D eigenvalue weighted by Gasteiger charge is -2.10. The zero-order valence-electron chi connectivity index (χ0n) is 7.47. The van der Waals surface area contributed by atoms with E-state index in [-0.39, 0.29) is 6.29 Å². The van der Waals surface area contributed by atoms with Crippen molar-refractivity contribution in [2.24, 2.45) is 0 Å². The number of anilines is 1. The van der Waals surface area contributed by atoms with Crippen molar-refractivity contribution < 1.29 is 9.84 Å². The second-order valence-electron chi connectivity index (χ2n) is 2.76. The second kappa shape index (κ2) is 3.85. The standard InChI is InChI=1S/C9H11ClNO2/c1-5-3-9(13-6(2)12)8(11)4-7(5)10/h3-4,12H,11H2,1-2H3. The van der Waals surface area contributed by atoms with Crippen LogP contribution in [0.4, 0.5) is 5.69 Å². The molecule has 0 amide bonds. The number of ether oxygens (including phenoxy) is 1. The number of nitrogen functional groups attached to an aromatic ring is 1. The van der Waals surface area contributed by atoms with Gasteiger partial charge in [-0.3, -0.25) is 0 Å². The number of benzene rings is 1. The fraction of sp³-hybridized carbons (Fsp3) is 0.222. The first kappa shape index (κ1) is 10.2. The van der Waals surface area contributed by atoms with Crippen LogP contribution in [0.5, 0.6) is 5.75 Å². The number of aliphatic hydroxyl groups is 1. The summed E-state index contributed by atoms with van der Waals surface area (Å²) in [6, 6.07) is 3.27. The van der Waals surface area contributed by atoms with Crippen LogP contribution in [-0.2, 0) is 0 Å². The average Bonchev–Trinajstić information content (AvgIpc) is 1.99. The molecule has 4 heteroatoms. The summed E-state index contributed by atoms with van der Waals surface area (Å²) >= 11 is 5.82. The molecule has 1 radical (unpaired) electrons. The van der Waals surface area contributed by atoms with Crippen molar-refractivity contribution in [3.8, 4) is 5.75 Å². The molecule has 0 unspecified atom stereocenters. The summed E-state index contributed by atoms with van der Waals surface area (Å²) in [7, 11) is 0. The normalized spacial score (nSPS) is 10.5. The van der Waals surface area contributed by atoms with E-state index in [9.17, 15) is 0 Å². The van der Waals surface area contributed by atoms with Gasteiger partial charge in [-0.05, 0) is 24.6 Å². The molecule has 0 saturated heterocycles. The summed E-state index contributed by atoms with van der Waals surface area (Å²) < 4.78 is 4.97. The Balaban J connectivity index is 3.01. The third-order valence-electron chi connectivity index (χ3n) is 1.55. The van der Waals surface area contributed by atoms with Gasteiger partial charge in [0.05, 0.1) is 5.69 Å². The van der Waals surface area contributed by atoms with Gasteiger partial charge in [-0.2, -0.15) is 0 Å². The number of aliphatic hydroxyl groups excluding tert-OH is 1. The molecule has 0 heterocycles. The monoisotopic (exact) mass is 200 g/mol. The van der Waals surface area contributed by atoms with Crippen molar-refractivity contribution in [1.29, 1.82) is 0 Å². The van der Waals surface area contributed by atoms with E-state index in [4.69, 9.17) is 27.2 Å². The van der Waals surface area contributed by atoms with E-state index in [1.807, 2.05) is 6.92 Å². The van der Waals surface area contributed by atoms with Crippen LogP contribution in [0, 0.1) is 13.2 Å². The van der Waals surface area contributed by atoms with Crippen molar-refractivity contribution >= 4 is 17.3 Å². The first-order valence-electron chi connectivity index (χ1n) is 3.76. The number of nitrogens with two attached hydrogens (primary N) is 1. The molecule has 0 atom stereocenters. The molecule has 0 aliphatic rings. The molecule has 0 spiro atoms. The fourth-order valence-corrected chi connectivity index (χ4v) is 1.09. The molecule has 0 bridgehead atoms. The van der Waals surface area contributed by atoms with Gasteiger partial charge in [0.1, 0.15) is 5.75 Å². The van der Waals surface area contributed by atoms with Crippen molar-refractivity contribution in [3.05, 3.63) is 29.0 Å². The Morgan fingerprint density at radius 1 is 1.54 bits per heavy atom. The first-order valence-corrected chi connectivity index (χ1v) is 4.14. The number of halogens is 1. The predicted molar refractivity (Wildman–Crippen MR) is 52.1 cm³/mol. The summed E-state index contributed by atoms with van der Waals surface area (Å²) in [5, 5.41) is 9.48. The molecule has 0 aliphatic heterocycles. The first-order chi connectivity index (χ1) is 6.00. The van der Waals surface area contributed by atoms with Crippen LogP contribution in [0.25, 0.3) is 0 Å². The molecule has 0 fully saturated rings. The second-order valence-corrected chi connectivity index (χ2v) is 3.17. The molecule has 1 rings (SSSR count). The highest BCUT2D eigenvalue weighted by Crippen LogP contribution is 2.29. The third kappa shape index (κ3) is 2.50. The van der Waals surface area contributed by atoms with Gasteiger partial charge in [-0.1, -0.05) is 11.6 Å². The highest BCUT2D eigenvalue weighted by Gasteiger charge is 2.07. The van der Waals surface area contributed by atoms with Gasteiger partial charge in [0.15, 0.2) is 0 Å². The quantitative estimate of drug-likeness (QED) is 0.722. The molecular weight excluding hydrogens is 190 g/mol. The molecular formula is C9H11ClNO2. The molecule has 0 aliphatic carbocycles. The Labute approximate surface area is 82.1 Å². The minimum absolute atomic E-state index is 0.145. The van der Waals surface area contributed by atoms with Crippen molar-refractivity contribution in [2.45, 2.75) is 13.8 Å². The maximum absolute atomic E-state index is 8.90. The molecule has 3 N–H and O–H groups in total. The van der Waals surface area contributed by atoms with Crippen LogP contribution in [-0.4, -0.2) is 5.11 Å². The molecule has 1 aromatic carbocycles. The zero-order valence-corrected chi connectivity index (χ0v) is 8.22. The van der Waals surface area contributed by atoms with Crippen molar-refractivity contribution in [3.63, 3.8) is 0 Å². The summed E-state index contributed by atoms with van der Waals surface area (Å²) in [6.45, 7) is 3.27. The lowest BCUT2D eigenvalue weighted by atomic mass is 10.2. The highest BCUT2D eigenvalue weighted by atomic mass is 35.5. The van der Waals surface area contributed by atoms with Gasteiger partial charge < -0.3 is 15.6 Å². The Kier molecular flexibility index (Phi) is 3.01. The zero-order chi connectivity index (χ0) is 10.0. The average molecular weight is 201 g/mol. The molecule has 3 nitrogen and oxygen atoms in total. The molecule has 0 aromatic heterocycles. The lowest BCUT2D eigenvalue weighted by Crippen LogP contribution is -2.03. The predicted octanol–water partition coefficient (Wildman–Crippen LogP) is 2.49. The topological polar surface area (TPSA) is 55.5 Å². The molecule has 71 valence electrons. The van der Waals surface area contributed by atoms with Gasteiger partial charge >= 0.3 is 0 Å². The fourth-order valence-electron chi connectivity index (χ4n) is 0.918. The minimum atomic E-state index is -0.145. The van der Waals surface area contributed by atoms with Crippen molar-refractivity contribution in [1.82, 2.24) is 0 Å². The van der Waals surface area contributed by atoms with E-state index in [0.29, 0.717) is 16.5 Å². The van der Waals surface area contributed by atoms with E-state index < -0.39 is 0 Å². The Bertz CT molecular complexity index is 313. The van der Waals surface area contributed by atoms with Gasteiger partial charge in [0.2, 0.25) is 0 Å². The summed E-state index contributed by atoms with van der Waals surface area (Å²) in [5.74, 6) is 0.418. The van der Waals surface area contributed by atoms with Crippen LogP contribution in [0.2, 0.25) is 5.02 Å². The van der Waals surface area contributed by atoms with Gasteiger partial charge in [0, 0.05) is 11.9 Å². The summed E-state index contributed by atoms with van der Waals surface area (Å²) in [4.78, 5) is 0. The molecule has 0 saturated carbocycles. The molecule has 13 heavy (non-hydrogen) atoms. The van der Waals surface area contributed by atoms with Gasteiger partial charge in [-0.15, -0.1) is 0 Å². The largest absolute Gasteiger partial charge is 0.454 e. The van der Waals surface area contributed by atoms with E-state index in [1.54, 1.807) is 12.1 Å². The van der Waals surface area contributed by atoms with Crippen LogP contribution in [0.3, 0.4) is 0 Å². The Hall–Kier alpha value is -0.930. The summed E-state index contributed by atoms with van der Waals surface area (Å²) in [6.07, 6.45) is -0.145. The van der Waals surface area contributed by atoms with E-state index in [0.717, 1.165) is 5.56 Å². The lowest BCUT2D eigenvalue weighted by molar-refractivity contribution is 0.115. The SMILES string of the molecule is C[C](O)Oc1cc(C)c(Cl)cc1N. The van der Waals surface area contributed by atoms with E-state index in [1.165, 1.54) is 6.92 Å². The van der Waals surface area contributed by atoms with Crippen LogP contribution in [0.15, 0.2) is 12.1 Å². The van der Waals surface area contributed by atoms with E-state index >= 15 is 0 Å². The number of aryl methyl sites for hydroxylation is 1. The van der Waals surface area contributed by atoms with Crippen LogP contribution in [0.1, 0.15) is 12.5 Å². The number of hydrogen-bond donors (Lipinski definition) is 2.